The van der Waals surface area contributed by atoms with Crippen molar-refractivity contribution < 1.29 is 4.79 Å². The number of imidazole rings is 1. The molecule has 0 fully saturated rings. The van der Waals surface area contributed by atoms with E-state index in [1.807, 2.05) is 47.5 Å². The number of aromatic nitrogens is 7. The Morgan fingerprint density at radius 3 is 3.00 bits per heavy atom. The molecule has 0 saturated carbocycles. The van der Waals surface area contributed by atoms with Crippen molar-refractivity contribution in [2.75, 3.05) is 0 Å². The van der Waals surface area contributed by atoms with E-state index in [4.69, 9.17) is 4.98 Å². The second kappa shape index (κ2) is 7.76. The summed E-state index contributed by atoms with van der Waals surface area (Å²) in [5, 5.41) is 13.7. The monoisotopic (exact) mass is 433 g/mol. The smallest absolute Gasteiger partial charge is 0.233 e. The summed E-state index contributed by atoms with van der Waals surface area (Å²) in [5.74, 6) is 0.586. The molecule has 0 aliphatic carbocycles. The van der Waals surface area contributed by atoms with Gasteiger partial charge in [-0.1, -0.05) is 0 Å². The van der Waals surface area contributed by atoms with E-state index in [0.717, 1.165) is 32.3 Å². The van der Waals surface area contributed by atoms with Crippen LogP contribution >= 0.6 is 11.3 Å². The summed E-state index contributed by atoms with van der Waals surface area (Å²) in [6, 6.07) is 3.77. The normalized spacial score (nSPS) is 11.8. The lowest BCUT2D eigenvalue weighted by molar-refractivity contribution is -0.118. The Morgan fingerprint density at radius 1 is 1.32 bits per heavy atom. The number of hydrazone groups is 1. The molecule has 1 amide bonds. The Labute approximate surface area is 180 Å². The van der Waals surface area contributed by atoms with Crippen molar-refractivity contribution in [1.29, 1.82) is 0 Å². The van der Waals surface area contributed by atoms with Crippen LogP contribution in [-0.2, 0) is 24.8 Å². The van der Waals surface area contributed by atoms with Crippen molar-refractivity contribution >= 4 is 40.1 Å². The molecule has 0 bridgehead atoms. The highest BCUT2D eigenvalue weighted by Gasteiger charge is 2.17. The van der Waals surface area contributed by atoms with E-state index >= 15 is 0 Å². The molecular formula is C20H19N9OS. The molecule has 0 aliphatic rings. The van der Waals surface area contributed by atoms with Crippen molar-refractivity contribution in [2.24, 2.45) is 12.1 Å². The van der Waals surface area contributed by atoms with E-state index in [9.17, 15) is 4.79 Å². The van der Waals surface area contributed by atoms with Gasteiger partial charge in [-0.25, -0.2) is 20.0 Å². The van der Waals surface area contributed by atoms with Crippen LogP contribution in [0.5, 0.6) is 0 Å². The van der Waals surface area contributed by atoms with Crippen molar-refractivity contribution in [3.8, 4) is 0 Å². The van der Waals surface area contributed by atoms with Gasteiger partial charge in [-0.2, -0.15) is 10.2 Å². The summed E-state index contributed by atoms with van der Waals surface area (Å²) in [5.41, 5.74) is 4.61. The third-order valence-electron chi connectivity index (χ3n) is 5.08. The molecule has 5 aromatic rings. The minimum atomic E-state index is 0.256. The fourth-order valence-electron chi connectivity index (χ4n) is 3.39. The summed E-state index contributed by atoms with van der Waals surface area (Å²) >= 11 is 1.62. The molecular weight excluding hydrogens is 414 g/mol. The van der Waals surface area contributed by atoms with Gasteiger partial charge < -0.3 is 4.57 Å². The topological polar surface area (TPSA) is 109 Å². The van der Waals surface area contributed by atoms with Crippen LogP contribution in [0.25, 0.3) is 16.1 Å². The third-order valence-corrected chi connectivity index (χ3v) is 6.15. The van der Waals surface area contributed by atoms with E-state index in [0.29, 0.717) is 24.3 Å². The number of rotatable bonds is 7. The number of hydrogen-bond donors (Lipinski definition) is 1. The van der Waals surface area contributed by atoms with Crippen molar-refractivity contribution in [3.05, 3.63) is 64.6 Å². The number of nitrogens with one attached hydrogen (secondary N) is 1. The predicted octanol–water partition coefficient (Wildman–Crippen LogP) is 2.29. The molecule has 5 rings (SSSR count). The van der Waals surface area contributed by atoms with E-state index in [1.54, 1.807) is 29.9 Å². The molecule has 0 saturated heterocycles. The summed E-state index contributed by atoms with van der Waals surface area (Å²) in [7, 11) is 1.98. The SMILES string of the molecule is Cc1c(/C=N\N(C=O)Cc2cn3cccnc3n2)c2sc(Cc3ccn[nH]3)nc2n1C. The van der Waals surface area contributed by atoms with Crippen molar-refractivity contribution in [2.45, 2.75) is 19.9 Å². The van der Waals surface area contributed by atoms with Crippen LogP contribution in [0, 0.1) is 6.92 Å². The van der Waals surface area contributed by atoms with Gasteiger partial charge in [-0.15, -0.1) is 11.3 Å². The van der Waals surface area contributed by atoms with Crippen LogP contribution in [0.1, 0.15) is 27.7 Å². The van der Waals surface area contributed by atoms with Gasteiger partial charge in [0.1, 0.15) is 5.01 Å². The minimum absolute atomic E-state index is 0.256. The lowest BCUT2D eigenvalue weighted by atomic mass is 10.3. The van der Waals surface area contributed by atoms with E-state index in [2.05, 4.69) is 25.3 Å². The average Bonchev–Trinajstić information content (AvgIpc) is 3.54. The summed E-state index contributed by atoms with van der Waals surface area (Å²) in [6.07, 6.45) is 10.2. The fourth-order valence-corrected chi connectivity index (χ4v) is 4.57. The number of carbonyl (C=O) groups excluding carboxylic acids is 1. The summed E-state index contributed by atoms with van der Waals surface area (Å²) in [6.45, 7) is 2.27. The second-order valence-corrected chi connectivity index (χ2v) is 8.17. The molecule has 31 heavy (non-hydrogen) atoms. The Kier molecular flexibility index (Phi) is 4.79. The highest BCUT2D eigenvalue weighted by molar-refractivity contribution is 7.19. The van der Waals surface area contributed by atoms with Gasteiger partial charge in [0.25, 0.3) is 0 Å². The summed E-state index contributed by atoms with van der Waals surface area (Å²) < 4.78 is 4.90. The van der Waals surface area contributed by atoms with E-state index in [-0.39, 0.29) is 6.54 Å². The quantitative estimate of drug-likeness (QED) is 0.241. The van der Waals surface area contributed by atoms with Crippen LogP contribution in [0.2, 0.25) is 0 Å². The fraction of sp³-hybridized carbons (Fsp3) is 0.200. The number of fused-ring (bicyclic) bond motifs is 2. The molecule has 0 atom stereocenters. The van der Waals surface area contributed by atoms with Crippen molar-refractivity contribution in [3.63, 3.8) is 0 Å². The molecule has 1 N–H and O–H groups in total. The molecule has 0 aliphatic heterocycles. The number of nitrogens with zero attached hydrogens (tertiary/aromatic N) is 8. The highest BCUT2D eigenvalue weighted by atomic mass is 32.1. The van der Waals surface area contributed by atoms with Gasteiger partial charge in [-0.3, -0.25) is 14.3 Å². The molecule has 5 aromatic heterocycles. The molecule has 156 valence electrons. The van der Waals surface area contributed by atoms with Crippen LogP contribution in [0.15, 0.2) is 42.0 Å². The number of carbonyl (C=O) groups is 1. The van der Waals surface area contributed by atoms with Crippen LogP contribution in [-0.4, -0.2) is 51.8 Å². The standard InChI is InChI=1S/C20H19N9OS/c1-13-16(18-19(27(13)2)25-17(31-18)8-14-4-6-22-26-14)9-23-29(12-30)11-15-10-28-7-3-5-21-20(28)24-15/h3-7,9-10,12H,8,11H2,1-2H3,(H,22,26)/b23-9-. The zero-order valence-corrected chi connectivity index (χ0v) is 17.7. The first-order valence-corrected chi connectivity index (χ1v) is 10.4. The number of hydrogen-bond acceptors (Lipinski definition) is 7. The number of aromatic amines is 1. The lowest BCUT2D eigenvalue weighted by Gasteiger charge is -2.08. The third kappa shape index (κ3) is 3.59. The first kappa shape index (κ1) is 19.1. The molecule has 5 heterocycles. The van der Waals surface area contributed by atoms with E-state index in [1.165, 1.54) is 5.01 Å². The van der Waals surface area contributed by atoms with Crippen molar-refractivity contribution in [1.82, 2.24) is 39.1 Å². The first-order valence-electron chi connectivity index (χ1n) is 9.60. The maximum atomic E-state index is 11.6. The zero-order chi connectivity index (χ0) is 21.4. The van der Waals surface area contributed by atoms with Gasteiger partial charge in [0, 0.05) is 55.2 Å². The highest BCUT2D eigenvalue weighted by Crippen LogP contribution is 2.30. The van der Waals surface area contributed by atoms with Crippen LogP contribution in [0.3, 0.4) is 0 Å². The average molecular weight is 434 g/mol. The molecule has 0 spiro atoms. The van der Waals surface area contributed by atoms with Crippen LogP contribution in [0.4, 0.5) is 0 Å². The maximum absolute atomic E-state index is 11.6. The number of amides is 1. The first-order chi connectivity index (χ1) is 15.1. The lowest BCUT2D eigenvalue weighted by Crippen LogP contribution is -2.15. The maximum Gasteiger partial charge on any atom is 0.233 e. The Balaban J connectivity index is 1.41. The van der Waals surface area contributed by atoms with Gasteiger partial charge >= 0.3 is 0 Å². The van der Waals surface area contributed by atoms with Gasteiger partial charge in [0.05, 0.1) is 23.2 Å². The number of H-pyrrole nitrogens is 1. The van der Waals surface area contributed by atoms with Gasteiger partial charge in [-0.05, 0) is 19.1 Å². The Hall–Kier alpha value is -3.86. The molecule has 10 nitrogen and oxygen atoms in total. The van der Waals surface area contributed by atoms with Gasteiger partial charge in [0.2, 0.25) is 12.2 Å². The Morgan fingerprint density at radius 2 is 2.23 bits per heavy atom. The second-order valence-electron chi connectivity index (χ2n) is 7.08. The summed E-state index contributed by atoms with van der Waals surface area (Å²) in [4.78, 5) is 25.0. The van der Waals surface area contributed by atoms with E-state index < -0.39 is 0 Å². The Bertz CT molecular complexity index is 1360. The van der Waals surface area contributed by atoms with Crippen LogP contribution < -0.4 is 0 Å². The molecule has 0 unspecified atom stereocenters. The number of thiazole rings is 1. The molecule has 11 heteroatoms. The minimum Gasteiger partial charge on any atom is -0.332 e. The predicted molar refractivity (Wildman–Crippen MR) is 117 cm³/mol. The molecule has 0 aromatic carbocycles. The zero-order valence-electron chi connectivity index (χ0n) is 16.9. The largest absolute Gasteiger partial charge is 0.332 e. The molecule has 0 radical (unpaired) electrons. The van der Waals surface area contributed by atoms with Gasteiger partial charge in [0.15, 0.2) is 5.65 Å². The number of aryl methyl sites for hydroxylation is 1.